The van der Waals surface area contributed by atoms with Crippen LogP contribution in [-0.2, 0) is 0 Å². The Morgan fingerprint density at radius 3 is 2.40 bits per heavy atom. The van der Waals surface area contributed by atoms with Crippen LogP contribution < -0.4 is 0 Å². The van der Waals surface area contributed by atoms with Crippen molar-refractivity contribution in [1.82, 2.24) is 0 Å². The van der Waals surface area contributed by atoms with E-state index < -0.39 is 0 Å². The van der Waals surface area contributed by atoms with Crippen LogP contribution in [0.5, 0.6) is 0 Å². The van der Waals surface area contributed by atoms with Gasteiger partial charge in [0.1, 0.15) is 0 Å². The van der Waals surface area contributed by atoms with Crippen molar-refractivity contribution in [3.63, 3.8) is 0 Å². The molecule has 1 nitrogen and oxygen atoms in total. The molecule has 0 unspecified atom stereocenters. The Bertz CT molecular complexity index is 28.1. The average molecular weight is 67.9 g/mol. The zero-order chi connectivity index (χ0) is 4.12. The van der Waals surface area contributed by atoms with E-state index in [-0.39, 0.29) is 0 Å². The van der Waals surface area contributed by atoms with Crippen molar-refractivity contribution in [1.29, 1.82) is 0 Å². The van der Waals surface area contributed by atoms with Crippen LogP contribution in [0, 0.1) is 0 Å². The summed E-state index contributed by atoms with van der Waals surface area (Å²) in [4.78, 5) is 3.35. The first-order valence-corrected chi connectivity index (χ1v) is 1.78. The van der Waals surface area contributed by atoms with Gasteiger partial charge < -0.3 is 0 Å². The summed E-state index contributed by atoms with van der Waals surface area (Å²) >= 11 is 0. The van der Waals surface area contributed by atoms with E-state index in [4.69, 9.17) is 7.64 Å². The first-order valence-electron chi connectivity index (χ1n) is 1.78. The van der Waals surface area contributed by atoms with Gasteiger partial charge in [-0.1, -0.05) is 0 Å². The van der Waals surface area contributed by atoms with Crippen LogP contribution in [0.4, 0.5) is 0 Å². The molecule has 0 aliphatic rings. The van der Waals surface area contributed by atoms with Crippen LogP contribution in [0.1, 0.15) is 13.3 Å². The minimum absolute atomic E-state index is 0.792. The Morgan fingerprint density at radius 2 is 2.40 bits per heavy atom. The van der Waals surface area contributed by atoms with Crippen molar-refractivity contribution in [3.8, 4) is 0 Å². The van der Waals surface area contributed by atoms with Gasteiger partial charge in [0.25, 0.3) is 0 Å². The first kappa shape index (κ1) is 4.86. The molecule has 0 atom stereocenters. The molecule has 0 N–H and O–H groups in total. The number of hydrogen-bond acceptors (Lipinski definition) is 1. The molecule has 2 heteroatoms. The summed E-state index contributed by atoms with van der Waals surface area (Å²) in [6, 6.07) is 0. The normalized spacial score (nSPS) is 7.20. The summed E-state index contributed by atoms with van der Waals surface area (Å²) in [5, 5.41) is 0. The molecule has 0 saturated carbocycles. The van der Waals surface area contributed by atoms with Gasteiger partial charge >= 0.3 is 32.4 Å². The third-order valence-electron chi connectivity index (χ3n) is 0.353. The van der Waals surface area contributed by atoms with Crippen LogP contribution in [0.2, 0.25) is 0 Å². The van der Waals surface area contributed by atoms with Gasteiger partial charge in [-0.15, -0.1) is 0 Å². The molecule has 0 rings (SSSR count). The van der Waals surface area contributed by atoms with Gasteiger partial charge in [0, 0.05) is 0 Å². The standard InChI is InChI=1S/C3H7BN/c1-2-3-5-4/h2-3H2,1H3. The van der Waals surface area contributed by atoms with E-state index in [1.807, 2.05) is 6.92 Å². The Morgan fingerprint density at radius 1 is 1.80 bits per heavy atom. The third kappa shape index (κ3) is 3.86. The monoisotopic (exact) mass is 68.1 g/mol. The molecular formula is C3H7BN. The molecule has 27 valence electrons. The quantitative estimate of drug-likeness (QED) is 0.423. The van der Waals surface area contributed by atoms with E-state index in [1.54, 1.807) is 0 Å². The number of hydrogen-bond donors (Lipinski definition) is 0. The Balaban J connectivity index is 2.40. The summed E-state index contributed by atoms with van der Waals surface area (Å²) in [5.74, 6) is 0. The number of nitrogens with zero attached hydrogens (tertiary/aromatic N) is 1. The van der Waals surface area contributed by atoms with Gasteiger partial charge in [0.15, 0.2) is 0 Å². The van der Waals surface area contributed by atoms with Gasteiger partial charge in [-0.05, 0) is 0 Å². The van der Waals surface area contributed by atoms with E-state index in [9.17, 15) is 0 Å². The molecule has 0 bridgehead atoms. The van der Waals surface area contributed by atoms with Crippen molar-refractivity contribution in [2.75, 3.05) is 6.54 Å². The fourth-order valence-electron chi connectivity index (χ4n) is 0.129. The summed E-state index contributed by atoms with van der Waals surface area (Å²) in [5.41, 5.74) is 0. The van der Waals surface area contributed by atoms with Crippen LogP contribution in [-0.4, -0.2) is 14.2 Å². The Labute approximate surface area is 33.5 Å². The molecule has 0 aliphatic carbocycles. The molecule has 0 aromatic heterocycles. The zero-order valence-electron chi connectivity index (χ0n) is 3.44. The maximum absolute atomic E-state index is 4.76. The van der Waals surface area contributed by atoms with Crippen molar-refractivity contribution in [2.45, 2.75) is 13.3 Å². The fourth-order valence-corrected chi connectivity index (χ4v) is 0.129. The van der Waals surface area contributed by atoms with E-state index in [2.05, 4.69) is 4.90 Å². The van der Waals surface area contributed by atoms with E-state index in [1.165, 1.54) is 0 Å². The predicted octanol–water partition coefficient (Wildman–Crippen LogP) is 0.748. The molecule has 0 spiro atoms. The zero-order valence-corrected chi connectivity index (χ0v) is 3.44. The molecule has 0 fully saturated rings. The second kappa shape index (κ2) is 3.86. The van der Waals surface area contributed by atoms with E-state index in [0.29, 0.717) is 0 Å². The summed E-state index contributed by atoms with van der Waals surface area (Å²) in [6.45, 7) is 2.83. The van der Waals surface area contributed by atoms with Crippen LogP contribution in [0.3, 0.4) is 0 Å². The van der Waals surface area contributed by atoms with Crippen molar-refractivity contribution in [3.05, 3.63) is 0 Å². The van der Waals surface area contributed by atoms with Crippen molar-refractivity contribution in [2.24, 2.45) is 4.90 Å². The summed E-state index contributed by atoms with van der Waals surface area (Å²) in [6.07, 6.45) is 1.05. The second-order valence-electron chi connectivity index (χ2n) is 0.906. The average Bonchev–Trinajstić information content (AvgIpc) is 1.41. The first-order chi connectivity index (χ1) is 2.41. The molecular weight excluding hydrogens is 60.9 g/mol. The van der Waals surface area contributed by atoms with Crippen molar-refractivity contribution < 1.29 is 0 Å². The second-order valence-corrected chi connectivity index (χ2v) is 0.906. The summed E-state index contributed by atoms with van der Waals surface area (Å²) < 4.78 is 0. The molecule has 0 amide bonds. The van der Waals surface area contributed by atoms with Crippen LogP contribution >= 0.6 is 0 Å². The molecule has 0 heterocycles. The Kier molecular flexibility index (Phi) is 3.76. The van der Waals surface area contributed by atoms with Crippen LogP contribution in [0.15, 0.2) is 4.90 Å². The molecule has 0 aromatic carbocycles. The van der Waals surface area contributed by atoms with Gasteiger partial charge in [0.2, 0.25) is 0 Å². The molecule has 0 saturated heterocycles. The topological polar surface area (TPSA) is 12.4 Å². The van der Waals surface area contributed by atoms with Gasteiger partial charge in [0.05, 0.1) is 0 Å². The van der Waals surface area contributed by atoms with Crippen molar-refractivity contribution >= 4 is 7.64 Å². The molecule has 0 aromatic rings. The van der Waals surface area contributed by atoms with E-state index in [0.717, 1.165) is 13.0 Å². The number of rotatable bonds is 2. The Hall–Kier alpha value is -0.135. The van der Waals surface area contributed by atoms with Gasteiger partial charge in [-0.2, -0.15) is 0 Å². The molecule has 5 heavy (non-hydrogen) atoms. The van der Waals surface area contributed by atoms with Crippen LogP contribution in [0.25, 0.3) is 0 Å². The fraction of sp³-hybridized carbons (Fsp3) is 1.00. The molecule has 1 radical (unpaired) electrons. The third-order valence-corrected chi connectivity index (χ3v) is 0.353. The van der Waals surface area contributed by atoms with Gasteiger partial charge in [-0.25, -0.2) is 0 Å². The maximum atomic E-state index is 4.76. The predicted molar refractivity (Wildman–Crippen MR) is 23.3 cm³/mol. The van der Waals surface area contributed by atoms with Gasteiger partial charge in [-0.3, -0.25) is 0 Å². The SMILES string of the molecule is [B]=NCCC. The summed E-state index contributed by atoms with van der Waals surface area (Å²) in [7, 11) is 4.76. The van der Waals surface area contributed by atoms with E-state index >= 15 is 0 Å². The molecule has 0 aliphatic heterocycles. The minimum atomic E-state index is 0.792.